The van der Waals surface area contributed by atoms with Crippen molar-refractivity contribution in [3.8, 4) is 0 Å². The van der Waals surface area contributed by atoms with Crippen molar-refractivity contribution in [2.24, 2.45) is 0 Å². The average molecular weight is 331 g/mol. The monoisotopic (exact) mass is 331 g/mol. The molecule has 0 spiro atoms. The number of nitro benzene ring substituents is 1. The van der Waals surface area contributed by atoms with Gasteiger partial charge in [0.2, 0.25) is 0 Å². The number of carbonyl (C=O) groups is 1. The number of thiophene rings is 1. The quantitative estimate of drug-likeness (QED) is 0.557. The summed E-state index contributed by atoms with van der Waals surface area (Å²) in [4.78, 5) is 40.1. The van der Waals surface area contributed by atoms with Gasteiger partial charge in [0.1, 0.15) is 15.4 Å². The van der Waals surface area contributed by atoms with Crippen molar-refractivity contribution in [2.75, 3.05) is 0 Å². The molecule has 0 aliphatic rings. The Kier molecular flexibility index (Phi) is 3.62. The van der Waals surface area contributed by atoms with Crippen LogP contribution in [0.5, 0.6) is 0 Å². The molecule has 0 atom stereocenters. The van der Waals surface area contributed by atoms with Crippen LogP contribution < -0.4 is 5.56 Å². The predicted molar refractivity (Wildman–Crippen MR) is 83.1 cm³/mol. The first-order valence-electron chi connectivity index (χ1n) is 6.43. The Morgan fingerprint density at radius 2 is 2.17 bits per heavy atom. The molecule has 9 heteroatoms. The number of nitrogens with one attached hydrogen (secondary N) is 1. The number of nitro groups is 1. The van der Waals surface area contributed by atoms with Crippen molar-refractivity contribution in [2.45, 2.75) is 6.42 Å². The molecule has 116 valence electrons. The normalized spacial score (nSPS) is 10.8. The van der Waals surface area contributed by atoms with Crippen LogP contribution in [-0.2, 0) is 6.42 Å². The van der Waals surface area contributed by atoms with Crippen LogP contribution in [0.1, 0.15) is 21.1 Å². The fraction of sp³-hybridized carbons (Fsp3) is 0.0714. The molecule has 23 heavy (non-hydrogen) atoms. The van der Waals surface area contributed by atoms with E-state index in [0.717, 1.165) is 11.3 Å². The maximum absolute atomic E-state index is 12.0. The lowest BCUT2D eigenvalue weighted by Crippen LogP contribution is -2.10. The Bertz CT molecular complexity index is 991. The molecule has 0 saturated heterocycles. The molecular formula is C14H9N3O5S. The number of non-ortho nitro benzene ring substituents is 1. The van der Waals surface area contributed by atoms with Crippen LogP contribution in [0.15, 0.2) is 35.1 Å². The molecule has 3 rings (SSSR count). The fourth-order valence-corrected chi connectivity index (χ4v) is 2.98. The summed E-state index contributed by atoms with van der Waals surface area (Å²) in [5.74, 6) is -0.801. The third-order valence-corrected chi connectivity index (χ3v) is 4.25. The first-order chi connectivity index (χ1) is 10.9. The second-order valence-electron chi connectivity index (χ2n) is 4.75. The van der Waals surface area contributed by atoms with Gasteiger partial charge in [-0.15, -0.1) is 11.3 Å². The molecule has 0 fully saturated rings. The minimum atomic E-state index is -1.12. The zero-order chi connectivity index (χ0) is 16.6. The number of hydrogen-bond donors (Lipinski definition) is 2. The van der Waals surface area contributed by atoms with Gasteiger partial charge in [-0.2, -0.15) is 0 Å². The highest BCUT2D eigenvalue weighted by Gasteiger charge is 2.14. The third-order valence-electron chi connectivity index (χ3n) is 3.14. The van der Waals surface area contributed by atoms with Crippen molar-refractivity contribution in [3.05, 3.63) is 67.1 Å². The number of carboxylic acid groups (broad SMARTS) is 1. The number of benzene rings is 1. The summed E-state index contributed by atoms with van der Waals surface area (Å²) in [6.07, 6.45) is 0.200. The molecule has 0 unspecified atom stereocenters. The van der Waals surface area contributed by atoms with E-state index in [2.05, 4.69) is 9.97 Å². The van der Waals surface area contributed by atoms with E-state index in [1.54, 1.807) is 12.1 Å². The zero-order valence-electron chi connectivity index (χ0n) is 11.5. The second-order valence-corrected chi connectivity index (χ2v) is 5.80. The molecule has 1 aromatic carbocycles. The van der Waals surface area contributed by atoms with Crippen LogP contribution in [-0.4, -0.2) is 26.0 Å². The standard InChI is InChI=1S/C14H9N3O5S/c18-13-12-9(6-10(23-12)14(19)20)15-11(16-13)5-7-2-1-3-8(4-7)17(21)22/h1-4,6H,5H2,(H,19,20)(H,15,16,18). The number of aromatic carboxylic acids is 1. The van der Waals surface area contributed by atoms with Gasteiger partial charge in [-0.1, -0.05) is 12.1 Å². The summed E-state index contributed by atoms with van der Waals surface area (Å²) in [6, 6.07) is 7.36. The van der Waals surface area contributed by atoms with E-state index in [4.69, 9.17) is 5.11 Å². The lowest BCUT2D eigenvalue weighted by Gasteiger charge is -2.01. The molecule has 2 heterocycles. The Balaban J connectivity index is 2.00. The Labute approximate surface area is 132 Å². The van der Waals surface area contributed by atoms with Crippen LogP contribution in [0.25, 0.3) is 10.2 Å². The van der Waals surface area contributed by atoms with Crippen molar-refractivity contribution < 1.29 is 14.8 Å². The van der Waals surface area contributed by atoms with E-state index in [9.17, 15) is 19.7 Å². The number of hydrogen-bond acceptors (Lipinski definition) is 6. The number of nitrogens with zero attached hydrogens (tertiary/aromatic N) is 2. The SMILES string of the molecule is O=C(O)c1cc2nc(Cc3cccc([N+](=O)[O-])c3)[nH]c(=O)c2s1. The maximum Gasteiger partial charge on any atom is 0.345 e. The zero-order valence-corrected chi connectivity index (χ0v) is 12.3. The van der Waals surface area contributed by atoms with Gasteiger partial charge in [0.15, 0.2) is 0 Å². The van der Waals surface area contributed by atoms with Crippen molar-refractivity contribution in [1.29, 1.82) is 0 Å². The maximum atomic E-state index is 12.0. The number of carboxylic acids is 1. The van der Waals surface area contributed by atoms with E-state index in [-0.39, 0.29) is 21.7 Å². The molecule has 0 aliphatic heterocycles. The summed E-state index contributed by atoms with van der Waals surface area (Å²) >= 11 is 0.858. The van der Waals surface area contributed by atoms with E-state index >= 15 is 0 Å². The summed E-state index contributed by atoms with van der Waals surface area (Å²) in [5.41, 5.74) is 0.453. The lowest BCUT2D eigenvalue weighted by molar-refractivity contribution is -0.384. The number of aromatic amines is 1. The topological polar surface area (TPSA) is 126 Å². The summed E-state index contributed by atoms with van der Waals surface area (Å²) in [5, 5.41) is 19.7. The van der Waals surface area contributed by atoms with Crippen molar-refractivity contribution in [1.82, 2.24) is 9.97 Å². The molecule has 0 bridgehead atoms. The molecule has 0 amide bonds. The minimum absolute atomic E-state index is 0.0329. The van der Waals surface area contributed by atoms with Gasteiger partial charge in [0.25, 0.3) is 11.2 Å². The molecular weight excluding hydrogens is 322 g/mol. The predicted octanol–water partition coefficient (Wildman–Crippen LogP) is 2.18. The number of rotatable bonds is 4. The van der Waals surface area contributed by atoms with Gasteiger partial charge in [0, 0.05) is 18.6 Å². The number of H-pyrrole nitrogens is 1. The van der Waals surface area contributed by atoms with Gasteiger partial charge in [0.05, 0.1) is 10.4 Å². The number of aromatic nitrogens is 2. The first-order valence-corrected chi connectivity index (χ1v) is 7.25. The highest BCUT2D eigenvalue weighted by molar-refractivity contribution is 7.20. The van der Waals surface area contributed by atoms with E-state index in [0.29, 0.717) is 16.9 Å². The lowest BCUT2D eigenvalue weighted by atomic mass is 10.1. The summed E-state index contributed by atoms with van der Waals surface area (Å²) in [6.45, 7) is 0. The van der Waals surface area contributed by atoms with Gasteiger partial charge >= 0.3 is 5.97 Å². The van der Waals surface area contributed by atoms with E-state index in [1.165, 1.54) is 18.2 Å². The smallest absolute Gasteiger partial charge is 0.345 e. The average Bonchev–Trinajstić information content (AvgIpc) is 2.92. The highest BCUT2D eigenvalue weighted by Crippen LogP contribution is 2.21. The fourth-order valence-electron chi connectivity index (χ4n) is 2.15. The molecule has 0 saturated carbocycles. The van der Waals surface area contributed by atoms with Crippen LogP contribution in [0, 0.1) is 10.1 Å². The van der Waals surface area contributed by atoms with Crippen LogP contribution in [0.3, 0.4) is 0 Å². The largest absolute Gasteiger partial charge is 0.477 e. The van der Waals surface area contributed by atoms with E-state index in [1.807, 2.05) is 0 Å². The first kappa shape index (κ1) is 14.9. The van der Waals surface area contributed by atoms with Crippen molar-refractivity contribution >= 4 is 33.2 Å². The van der Waals surface area contributed by atoms with Gasteiger partial charge in [-0.25, -0.2) is 9.78 Å². The van der Waals surface area contributed by atoms with Crippen LogP contribution in [0.2, 0.25) is 0 Å². The summed E-state index contributed by atoms with van der Waals surface area (Å²) in [7, 11) is 0. The van der Waals surface area contributed by atoms with Crippen molar-refractivity contribution in [3.63, 3.8) is 0 Å². The molecule has 2 N–H and O–H groups in total. The summed E-state index contributed by atoms with van der Waals surface area (Å²) < 4.78 is 0.241. The Morgan fingerprint density at radius 3 is 2.87 bits per heavy atom. The number of fused-ring (bicyclic) bond motifs is 1. The molecule has 0 radical (unpaired) electrons. The van der Waals surface area contributed by atoms with Crippen LogP contribution >= 0.6 is 11.3 Å². The highest BCUT2D eigenvalue weighted by atomic mass is 32.1. The second kappa shape index (κ2) is 5.61. The molecule has 0 aliphatic carbocycles. The van der Waals surface area contributed by atoms with Gasteiger partial charge < -0.3 is 10.1 Å². The van der Waals surface area contributed by atoms with Gasteiger partial charge in [-0.3, -0.25) is 14.9 Å². The minimum Gasteiger partial charge on any atom is -0.477 e. The Morgan fingerprint density at radius 1 is 1.39 bits per heavy atom. The Hall–Kier alpha value is -3.07. The molecule has 2 aromatic heterocycles. The van der Waals surface area contributed by atoms with E-state index < -0.39 is 16.5 Å². The third kappa shape index (κ3) is 2.94. The molecule has 8 nitrogen and oxygen atoms in total. The molecule has 3 aromatic rings. The van der Waals surface area contributed by atoms with Crippen LogP contribution in [0.4, 0.5) is 5.69 Å². The van der Waals surface area contributed by atoms with Gasteiger partial charge in [-0.05, 0) is 11.6 Å².